The Morgan fingerprint density at radius 1 is 1.11 bits per heavy atom. The van der Waals surface area contributed by atoms with E-state index in [1.54, 1.807) is 43.3 Å². The first-order chi connectivity index (χ1) is 16.4. The highest BCUT2D eigenvalue weighted by molar-refractivity contribution is 7.92. The zero-order valence-corrected chi connectivity index (χ0v) is 22.9. The number of amides is 2. The molecule has 0 fully saturated rings. The molecule has 2 amide bonds. The van der Waals surface area contributed by atoms with E-state index in [0.29, 0.717) is 27.8 Å². The van der Waals surface area contributed by atoms with Gasteiger partial charge in [-0.1, -0.05) is 48.3 Å². The first-order valence-electron chi connectivity index (χ1n) is 11.5. The predicted molar refractivity (Wildman–Crippen MR) is 142 cm³/mol. The molecule has 0 radical (unpaired) electrons. The maximum Gasteiger partial charge on any atom is 0.242 e. The molecule has 0 aliphatic carbocycles. The van der Waals surface area contributed by atoms with Crippen LogP contribution in [0.15, 0.2) is 42.5 Å². The molecule has 0 bridgehead atoms. The zero-order valence-electron chi connectivity index (χ0n) is 20.6. The standard InChI is InChI=1S/C25H33Cl2N3O4S/c1-5-13-28-25(32)19(3)29(17-20-11-12-21(26)16-23(20)27)24(31)10-7-14-30(35(4,33)34)22-9-6-8-18(2)15-22/h6,8-9,11-12,15-16,19H,5,7,10,13-14,17H2,1-4H3,(H,28,32)/t19-/m0/s1. The van der Waals surface area contributed by atoms with Crippen LogP contribution in [0.4, 0.5) is 5.69 Å². The van der Waals surface area contributed by atoms with E-state index < -0.39 is 16.1 Å². The molecule has 2 rings (SSSR count). The molecule has 2 aromatic rings. The van der Waals surface area contributed by atoms with Gasteiger partial charge in [0.25, 0.3) is 0 Å². The number of rotatable bonds is 12. The monoisotopic (exact) mass is 541 g/mol. The molecule has 10 heteroatoms. The molecule has 1 N–H and O–H groups in total. The molecule has 7 nitrogen and oxygen atoms in total. The number of carbonyl (C=O) groups is 2. The van der Waals surface area contributed by atoms with Crippen molar-refractivity contribution in [2.75, 3.05) is 23.7 Å². The molecular formula is C25H33Cl2N3O4S. The van der Waals surface area contributed by atoms with Gasteiger partial charge in [-0.3, -0.25) is 13.9 Å². The fourth-order valence-corrected chi connectivity index (χ4v) is 5.02. The van der Waals surface area contributed by atoms with E-state index in [4.69, 9.17) is 23.2 Å². The Kier molecular flexibility index (Phi) is 10.9. The summed E-state index contributed by atoms with van der Waals surface area (Å²) >= 11 is 12.3. The third-order valence-electron chi connectivity index (χ3n) is 5.51. The minimum atomic E-state index is -3.54. The summed E-state index contributed by atoms with van der Waals surface area (Å²) in [6.45, 7) is 6.28. The number of carbonyl (C=O) groups excluding carboxylic acids is 2. The van der Waals surface area contributed by atoms with Crippen LogP contribution in [0.3, 0.4) is 0 Å². The van der Waals surface area contributed by atoms with Gasteiger partial charge in [0.2, 0.25) is 21.8 Å². The van der Waals surface area contributed by atoms with Crippen molar-refractivity contribution >= 4 is 50.7 Å². The molecule has 0 spiro atoms. The van der Waals surface area contributed by atoms with E-state index >= 15 is 0 Å². The van der Waals surface area contributed by atoms with Crippen molar-refractivity contribution in [2.45, 2.75) is 52.6 Å². The lowest BCUT2D eigenvalue weighted by Gasteiger charge is -2.29. The van der Waals surface area contributed by atoms with E-state index in [9.17, 15) is 18.0 Å². The van der Waals surface area contributed by atoms with Crippen molar-refractivity contribution in [3.63, 3.8) is 0 Å². The van der Waals surface area contributed by atoms with Crippen LogP contribution in [0.5, 0.6) is 0 Å². The minimum Gasteiger partial charge on any atom is -0.354 e. The van der Waals surface area contributed by atoms with Gasteiger partial charge in [-0.05, 0) is 62.1 Å². The van der Waals surface area contributed by atoms with Gasteiger partial charge < -0.3 is 10.2 Å². The summed E-state index contributed by atoms with van der Waals surface area (Å²) in [6.07, 6.45) is 2.27. The molecule has 0 unspecified atom stereocenters. The zero-order chi connectivity index (χ0) is 26.2. The number of hydrogen-bond acceptors (Lipinski definition) is 4. The molecule has 0 aliphatic heterocycles. The van der Waals surface area contributed by atoms with Gasteiger partial charge in [0.15, 0.2) is 0 Å². The van der Waals surface area contributed by atoms with Crippen molar-refractivity contribution in [2.24, 2.45) is 0 Å². The Hall–Kier alpha value is -2.29. The summed E-state index contributed by atoms with van der Waals surface area (Å²) in [7, 11) is -3.54. The van der Waals surface area contributed by atoms with E-state index in [0.717, 1.165) is 18.2 Å². The highest BCUT2D eigenvalue weighted by Gasteiger charge is 2.27. The molecule has 0 aromatic heterocycles. The Morgan fingerprint density at radius 3 is 2.43 bits per heavy atom. The lowest BCUT2D eigenvalue weighted by molar-refractivity contribution is -0.140. The second-order valence-electron chi connectivity index (χ2n) is 8.50. The fourth-order valence-electron chi connectivity index (χ4n) is 3.60. The molecule has 0 heterocycles. The number of nitrogens with one attached hydrogen (secondary N) is 1. The third kappa shape index (κ3) is 8.70. The lowest BCUT2D eigenvalue weighted by Crippen LogP contribution is -2.48. The minimum absolute atomic E-state index is 0.0639. The van der Waals surface area contributed by atoms with Gasteiger partial charge in [0, 0.05) is 36.1 Å². The second kappa shape index (κ2) is 13.1. The van der Waals surface area contributed by atoms with E-state index in [2.05, 4.69) is 5.32 Å². The van der Waals surface area contributed by atoms with Crippen LogP contribution in [0, 0.1) is 6.92 Å². The van der Waals surface area contributed by atoms with Crippen molar-refractivity contribution in [1.82, 2.24) is 10.2 Å². The van der Waals surface area contributed by atoms with Gasteiger partial charge in [-0.25, -0.2) is 8.42 Å². The fraction of sp³-hybridized carbons (Fsp3) is 0.440. The number of aryl methyl sites for hydroxylation is 1. The van der Waals surface area contributed by atoms with Crippen LogP contribution >= 0.6 is 23.2 Å². The maximum absolute atomic E-state index is 13.3. The van der Waals surface area contributed by atoms with Crippen molar-refractivity contribution < 1.29 is 18.0 Å². The quantitative estimate of drug-likeness (QED) is 0.418. The Morgan fingerprint density at radius 2 is 1.83 bits per heavy atom. The first-order valence-corrected chi connectivity index (χ1v) is 14.1. The SMILES string of the molecule is CCCNC(=O)[C@H](C)N(Cc1ccc(Cl)cc1Cl)C(=O)CCCN(c1cccc(C)c1)S(C)(=O)=O. The first kappa shape index (κ1) is 28.9. The number of sulfonamides is 1. The van der Waals surface area contributed by atoms with Gasteiger partial charge in [0.1, 0.15) is 6.04 Å². The van der Waals surface area contributed by atoms with Gasteiger partial charge in [-0.15, -0.1) is 0 Å². The van der Waals surface area contributed by atoms with Crippen LogP contribution in [0.25, 0.3) is 0 Å². The summed E-state index contributed by atoms with van der Waals surface area (Å²) in [5.74, 6) is -0.532. The van der Waals surface area contributed by atoms with E-state index in [-0.39, 0.29) is 37.7 Å². The average Bonchev–Trinajstić information content (AvgIpc) is 2.78. The number of nitrogens with zero attached hydrogens (tertiary/aromatic N) is 2. The number of hydrogen-bond donors (Lipinski definition) is 1. The smallest absolute Gasteiger partial charge is 0.242 e. The Labute approximate surface area is 218 Å². The van der Waals surface area contributed by atoms with Crippen LogP contribution in [-0.2, 0) is 26.2 Å². The average molecular weight is 543 g/mol. The molecule has 192 valence electrons. The highest BCUT2D eigenvalue weighted by Crippen LogP contribution is 2.24. The molecule has 1 atom stereocenters. The van der Waals surface area contributed by atoms with Crippen LogP contribution in [0.1, 0.15) is 44.2 Å². The van der Waals surface area contributed by atoms with Gasteiger partial charge in [0.05, 0.1) is 11.9 Å². The Balaban J connectivity index is 2.19. The number of benzene rings is 2. The number of anilines is 1. The van der Waals surface area contributed by atoms with Crippen LogP contribution in [0.2, 0.25) is 10.0 Å². The van der Waals surface area contributed by atoms with Crippen LogP contribution < -0.4 is 9.62 Å². The summed E-state index contributed by atoms with van der Waals surface area (Å²) < 4.78 is 26.1. The third-order valence-corrected chi connectivity index (χ3v) is 7.30. The molecule has 2 aromatic carbocycles. The molecule has 35 heavy (non-hydrogen) atoms. The molecular weight excluding hydrogens is 509 g/mol. The van der Waals surface area contributed by atoms with Crippen molar-refractivity contribution in [1.29, 1.82) is 0 Å². The lowest BCUT2D eigenvalue weighted by atomic mass is 10.1. The number of halogens is 2. The Bertz CT molecular complexity index is 1140. The topological polar surface area (TPSA) is 86.8 Å². The summed E-state index contributed by atoms with van der Waals surface area (Å²) in [6, 6.07) is 11.5. The normalized spacial score (nSPS) is 12.2. The van der Waals surface area contributed by atoms with Crippen molar-refractivity contribution in [3.8, 4) is 0 Å². The second-order valence-corrected chi connectivity index (χ2v) is 11.3. The molecule has 0 saturated carbocycles. The summed E-state index contributed by atoms with van der Waals surface area (Å²) in [4.78, 5) is 27.4. The van der Waals surface area contributed by atoms with Crippen molar-refractivity contribution in [3.05, 3.63) is 63.6 Å². The molecule has 0 saturated heterocycles. The van der Waals surface area contributed by atoms with Gasteiger partial charge >= 0.3 is 0 Å². The summed E-state index contributed by atoms with van der Waals surface area (Å²) in [5, 5.41) is 3.70. The van der Waals surface area contributed by atoms with E-state index in [1.165, 1.54) is 9.21 Å². The maximum atomic E-state index is 13.3. The van der Waals surface area contributed by atoms with Gasteiger partial charge in [-0.2, -0.15) is 0 Å². The van der Waals surface area contributed by atoms with Crippen LogP contribution in [-0.4, -0.2) is 50.5 Å². The largest absolute Gasteiger partial charge is 0.354 e. The predicted octanol–water partition coefficient (Wildman–Crippen LogP) is 4.79. The highest BCUT2D eigenvalue weighted by atomic mass is 35.5. The summed E-state index contributed by atoms with van der Waals surface area (Å²) in [5.41, 5.74) is 2.15. The molecule has 0 aliphatic rings. The van der Waals surface area contributed by atoms with E-state index in [1.807, 2.05) is 19.9 Å².